The van der Waals surface area contributed by atoms with Crippen molar-refractivity contribution in [1.29, 1.82) is 0 Å². The molecule has 168 valence electrons. The van der Waals surface area contributed by atoms with Gasteiger partial charge >= 0.3 is 0 Å². The van der Waals surface area contributed by atoms with Crippen LogP contribution in [0.5, 0.6) is 0 Å². The summed E-state index contributed by atoms with van der Waals surface area (Å²) in [5.41, 5.74) is 0.443. The number of rotatable bonds is 6. The van der Waals surface area contributed by atoms with Crippen LogP contribution >= 0.6 is 0 Å². The summed E-state index contributed by atoms with van der Waals surface area (Å²) in [6.45, 7) is 6.48. The molecule has 0 radical (unpaired) electrons. The summed E-state index contributed by atoms with van der Waals surface area (Å²) in [5, 5.41) is 8.52. The van der Waals surface area contributed by atoms with Crippen molar-refractivity contribution in [2.45, 2.75) is 71.0 Å². The van der Waals surface area contributed by atoms with Crippen LogP contribution in [0.2, 0.25) is 0 Å². The van der Waals surface area contributed by atoms with Crippen molar-refractivity contribution in [1.82, 2.24) is 20.7 Å². The van der Waals surface area contributed by atoms with Crippen molar-refractivity contribution < 1.29 is 19.2 Å². The van der Waals surface area contributed by atoms with E-state index in [0.29, 0.717) is 24.9 Å². The van der Waals surface area contributed by atoms with E-state index in [2.05, 4.69) is 10.6 Å². The lowest BCUT2D eigenvalue weighted by molar-refractivity contribution is -0.176. The Hall–Kier alpha value is -2.90. The maximum atomic E-state index is 13.4. The van der Waals surface area contributed by atoms with E-state index in [1.165, 1.54) is 10.0 Å². The number of carbonyl (C=O) groups excluding carboxylic acids is 4. The Kier molecular flexibility index (Phi) is 7.30. The zero-order valence-corrected chi connectivity index (χ0v) is 18.5. The fourth-order valence-electron chi connectivity index (χ4n) is 4.26. The number of hydrogen-bond acceptors (Lipinski definition) is 4. The molecule has 2 aliphatic heterocycles. The number of amides is 4. The van der Waals surface area contributed by atoms with E-state index in [1.54, 1.807) is 24.3 Å². The van der Waals surface area contributed by atoms with Gasteiger partial charge in [-0.2, -0.15) is 0 Å². The van der Waals surface area contributed by atoms with Crippen LogP contribution in [0, 0.1) is 5.92 Å². The smallest absolute Gasteiger partial charge is 0.264 e. The molecule has 2 aliphatic rings. The minimum absolute atomic E-state index is 0.00533. The van der Waals surface area contributed by atoms with Crippen LogP contribution in [0.15, 0.2) is 30.3 Å². The second-order valence-electron chi connectivity index (χ2n) is 8.56. The van der Waals surface area contributed by atoms with Gasteiger partial charge in [-0.3, -0.25) is 24.2 Å². The topological polar surface area (TPSA) is 98.8 Å². The van der Waals surface area contributed by atoms with Gasteiger partial charge in [-0.1, -0.05) is 39.0 Å². The van der Waals surface area contributed by atoms with E-state index in [4.69, 9.17) is 0 Å². The Balaban J connectivity index is 1.81. The summed E-state index contributed by atoms with van der Waals surface area (Å²) in [4.78, 5) is 51.9. The third kappa shape index (κ3) is 5.06. The van der Waals surface area contributed by atoms with Crippen molar-refractivity contribution in [3.8, 4) is 0 Å². The van der Waals surface area contributed by atoms with Gasteiger partial charge in [-0.05, 0) is 43.7 Å². The van der Waals surface area contributed by atoms with Crippen molar-refractivity contribution in [3.63, 3.8) is 0 Å². The Bertz CT molecular complexity index is 826. The predicted molar refractivity (Wildman–Crippen MR) is 116 cm³/mol. The molecule has 31 heavy (non-hydrogen) atoms. The molecule has 4 amide bonds. The number of nitrogens with one attached hydrogen (secondary N) is 2. The summed E-state index contributed by atoms with van der Waals surface area (Å²) in [7, 11) is 0. The van der Waals surface area contributed by atoms with Crippen molar-refractivity contribution in [2.24, 2.45) is 5.92 Å². The second kappa shape index (κ2) is 9.94. The minimum Gasteiger partial charge on any atom is -0.351 e. The molecule has 3 atom stereocenters. The van der Waals surface area contributed by atoms with Crippen LogP contribution in [-0.2, 0) is 14.4 Å². The molecule has 2 heterocycles. The van der Waals surface area contributed by atoms with Crippen LogP contribution in [0.3, 0.4) is 0 Å². The Morgan fingerprint density at radius 3 is 2.48 bits per heavy atom. The highest BCUT2D eigenvalue weighted by atomic mass is 16.2. The van der Waals surface area contributed by atoms with Gasteiger partial charge in [-0.25, -0.2) is 5.01 Å². The highest BCUT2D eigenvalue weighted by Crippen LogP contribution is 2.25. The van der Waals surface area contributed by atoms with Gasteiger partial charge in [0, 0.05) is 24.6 Å². The summed E-state index contributed by atoms with van der Waals surface area (Å²) >= 11 is 0. The molecule has 0 aromatic heterocycles. The SMILES string of the molecule is CCC(NC(=O)C1CCCN2C(=O)CCC(NC(=O)c3ccccc3)C(=O)N12)C(C)C. The highest BCUT2D eigenvalue weighted by Gasteiger charge is 2.44. The van der Waals surface area contributed by atoms with Gasteiger partial charge in [0.05, 0.1) is 0 Å². The van der Waals surface area contributed by atoms with Crippen LogP contribution in [0.4, 0.5) is 0 Å². The average molecular weight is 429 g/mol. The van der Waals surface area contributed by atoms with E-state index in [0.717, 1.165) is 6.42 Å². The summed E-state index contributed by atoms with van der Waals surface area (Å²) in [5.74, 6) is -0.969. The second-order valence-corrected chi connectivity index (χ2v) is 8.56. The van der Waals surface area contributed by atoms with Gasteiger partial charge in [0.25, 0.3) is 11.8 Å². The van der Waals surface area contributed by atoms with Crippen molar-refractivity contribution in [2.75, 3.05) is 6.54 Å². The van der Waals surface area contributed by atoms with E-state index in [9.17, 15) is 19.2 Å². The van der Waals surface area contributed by atoms with Gasteiger partial charge in [-0.15, -0.1) is 0 Å². The quantitative estimate of drug-likeness (QED) is 0.723. The molecule has 0 saturated carbocycles. The highest BCUT2D eigenvalue weighted by molar-refractivity contribution is 5.99. The van der Waals surface area contributed by atoms with Crippen LogP contribution in [0.25, 0.3) is 0 Å². The lowest BCUT2D eigenvalue weighted by Crippen LogP contribution is -2.64. The van der Waals surface area contributed by atoms with E-state index < -0.39 is 18.0 Å². The molecule has 3 rings (SSSR count). The fourth-order valence-corrected chi connectivity index (χ4v) is 4.26. The minimum atomic E-state index is -0.859. The first-order valence-electron chi connectivity index (χ1n) is 11.1. The largest absolute Gasteiger partial charge is 0.351 e. The molecule has 2 N–H and O–H groups in total. The summed E-state index contributed by atoms with van der Waals surface area (Å²) in [6.07, 6.45) is 2.26. The maximum absolute atomic E-state index is 13.4. The number of carbonyl (C=O) groups is 4. The molecule has 8 nitrogen and oxygen atoms in total. The first-order chi connectivity index (χ1) is 14.8. The summed E-state index contributed by atoms with van der Waals surface area (Å²) < 4.78 is 0. The van der Waals surface area contributed by atoms with Gasteiger partial charge in [0.2, 0.25) is 11.8 Å². The molecule has 1 aromatic rings. The normalized spacial score (nSPS) is 22.6. The van der Waals surface area contributed by atoms with Gasteiger partial charge < -0.3 is 10.6 Å². The third-order valence-electron chi connectivity index (χ3n) is 6.08. The zero-order valence-electron chi connectivity index (χ0n) is 18.5. The zero-order chi connectivity index (χ0) is 22.5. The standard InChI is InChI=1S/C23H32N4O4/c1-4-17(15(2)3)24-22(30)19-11-8-14-26-20(28)13-12-18(23(31)27(19)26)25-21(29)16-9-6-5-7-10-16/h5-7,9-10,15,17-19H,4,8,11-14H2,1-3H3,(H,24,30)(H,25,29). The molecule has 2 saturated heterocycles. The molecule has 3 unspecified atom stereocenters. The molecule has 0 aliphatic carbocycles. The van der Waals surface area contributed by atoms with E-state index in [-0.39, 0.29) is 42.5 Å². The van der Waals surface area contributed by atoms with Crippen molar-refractivity contribution in [3.05, 3.63) is 35.9 Å². The first kappa shape index (κ1) is 22.8. The third-order valence-corrected chi connectivity index (χ3v) is 6.08. The van der Waals surface area contributed by atoms with Crippen molar-refractivity contribution >= 4 is 23.6 Å². The molecule has 8 heteroatoms. The molecule has 2 fully saturated rings. The molecule has 1 aromatic carbocycles. The average Bonchev–Trinajstić information content (AvgIpc) is 2.89. The Labute approximate surface area is 183 Å². The Morgan fingerprint density at radius 1 is 1.13 bits per heavy atom. The molecule has 0 bridgehead atoms. The predicted octanol–water partition coefficient (Wildman–Crippen LogP) is 1.86. The maximum Gasteiger partial charge on any atom is 0.264 e. The number of nitrogens with zero attached hydrogens (tertiary/aromatic N) is 2. The number of benzene rings is 1. The Morgan fingerprint density at radius 2 is 1.84 bits per heavy atom. The van der Waals surface area contributed by atoms with E-state index in [1.807, 2.05) is 26.8 Å². The summed E-state index contributed by atoms with van der Waals surface area (Å²) in [6, 6.07) is 7.02. The first-order valence-corrected chi connectivity index (χ1v) is 11.1. The number of fused-ring (bicyclic) bond motifs is 1. The van der Waals surface area contributed by atoms with Crippen LogP contribution in [0.1, 0.15) is 63.2 Å². The lowest BCUT2D eigenvalue weighted by atomic mass is 10.00. The monoisotopic (exact) mass is 428 g/mol. The molecular weight excluding hydrogens is 396 g/mol. The number of hydrogen-bond donors (Lipinski definition) is 2. The lowest BCUT2D eigenvalue weighted by Gasteiger charge is -2.43. The molecule has 0 spiro atoms. The van der Waals surface area contributed by atoms with Gasteiger partial charge in [0.1, 0.15) is 12.1 Å². The van der Waals surface area contributed by atoms with Crippen LogP contribution < -0.4 is 10.6 Å². The fraction of sp³-hybridized carbons (Fsp3) is 0.565. The van der Waals surface area contributed by atoms with E-state index >= 15 is 0 Å². The molecular formula is C23H32N4O4. The number of hydrazine groups is 1. The van der Waals surface area contributed by atoms with Gasteiger partial charge in [0.15, 0.2) is 0 Å². The van der Waals surface area contributed by atoms with Crippen LogP contribution in [-0.4, -0.2) is 58.3 Å².